The summed E-state index contributed by atoms with van der Waals surface area (Å²) >= 11 is 0. The van der Waals surface area contributed by atoms with E-state index in [-0.39, 0.29) is 11.7 Å². The van der Waals surface area contributed by atoms with E-state index in [4.69, 9.17) is 9.47 Å². The summed E-state index contributed by atoms with van der Waals surface area (Å²) in [5.41, 5.74) is 0.943. The number of sulfonamides is 1. The van der Waals surface area contributed by atoms with Crippen LogP contribution < -0.4 is 4.74 Å². The molecular weight excluding hydrogens is 314 g/mol. The fraction of sp³-hybridized carbons (Fsp3) is 0.647. The molecule has 2 atom stereocenters. The van der Waals surface area contributed by atoms with Crippen LogP contribution in [-0.2, 0) is 21.2 Å². The van der Waals surface area contributed by atoms with E-state index in [2.05, 4.69) is 0 Å². The van der Waals surface area contributed by atoms with E-state index in [1.807, 2.05) is 6.92 Å². The van der Waals surface area contributed by atoms with Gasteiger partial charge in [-0.2, -0.15) is 4.31 Å². The molecule has 0 aromatic heterocycles. The largest absolute Gasteiger partial charge is 0.490 e. The van der Waals surface area contributed by atoms with Crippen LogP contribution in [0.4, 0.5) is 0 Å². The number of hydrogen-bond acceptors (Lipinski definition) is 4. The van der Waals surface area contributed by atoms with E-state index >= 15 is 0 Å². The van der Waals surface area contributed by atoms with Gasteiger partial charge >= 0.3 is 0 Å². The highest BCUT2D eigenvalue weighted by Gasteiger charge is 2.41. The van der Waals surface area contributed by atoms with Crippen LogP contribution in [-0.4, -0.2) is 44.1 Å². The minimum Gasteiger partial charge on any atom is -0.490 e. The Morgan fingerprint density at radius 3 is 2.78 bits per heavy atom. The summed E-state index contributed by atoms with van der Waals surface area (Å²) in [7, 11) is -3.44. The van der Waals surface area contributed by atoms with Gasteiger partial charge < -0.3 is 9.47 Å². The number of hydrogen-bond donors (Lipinski definition) is 0. The Labute approximate surface area is 137 Å². The Morgan fingerprint density at radius 2 is 2.04 bits per heavy atom. The zero-order valence-electron chi connectivity index (χ0n) is 13.5. The molecule has 5 nitrogen and oxygen atoms in total. The Balaban J connectivity index is 1.57. The maximum absolute atomic E-state index is 13.0. The molecule has 3 aliphatic heterocycles. The van der Waals surface area contributed by atoms with Gasteiger partial charge in [0.05, 0.1) is 17.1 Å². The monoisotopic (exact) mass is 337 g/mol. The standard InChI is InChI=1S/C17H23NO4S/c1-13-11-14-12-15(3-4-16(14)22-13)23(19,20)18-8-2-5-17(6-9-18)7-10-21-17/h3-4,12-13H,2,5-11H2,1H3. The van der Waals surface area contributed by atoms with Gasteiger partial charge in [-0.05, 0) is 56.4 Å². The van der Waals surface area contributed by atoms with Gasteiger partial charge in [0.25, 0.3) is 0 Å². The molecule has 0 amide bonds. The first-order valence-corrected chi connectivity index (χ1v) is 9.86. The van der Waals surface area contributed by atoms with Gasteiger partial charge in [0.1, 0.15) is 11.9 Å². The molecule has 0 radical (unpaired) electrons. The highest BCUT2D eigenvalue weighted by molar-refractivity contribution is 7.89. The van der Waals surface area contributed by atoms with Crippen LogP contribution in [0.2, 0.25) is 0 Å². The Morgan fingerprint density at radius 1 is 1.22 bits per heavy atom. The summed E-state index contributed by atoms with van der Waals surface area (Å²) in [6.45, 7) is 3.94. The molecule has 23 heavy (non-hydrogen) atoms. The van der Waals surface area contributed by atoms with Crippen molar-refractivity contribution in [1.82, 2.24) is 4.31 Å². The van der Waals surface area contributed by atoms with Gasteiger partial charge in [-0.25, -0.2) is 8.42 Å². The molecular formula is C17H23NO4S. The zero-order valence-corrected chi connectivity index (χ0v) is 14.3. The van der Waals surface area contributed by atoms with E-state index in [1.54, 1.807) is 22.5 Å². The zero-order chi connectivity index (χ0) is 16.1. The Kier molecular flexibility index (Phi) is 3.66. The molecule has 3 heterocycles. The summed E-state index contributed by atoms with van der Waals surface area (Å²) in [5.74, 6) is 0.814. The second-order valence-electron chi connectivity index (χ2n) is 6.94. The lowest BCUT2D eigenvalue weighted by Gasteiger charge is -2.41. The van der Waals surface area contributed by atoms with Crippen molar-refractivity contribution >= 4 is 10.0 Å². The summed E-state index contributed by atoms with van der Waals surface area (Å²) in [4.78, 5) is 0.388. The quantitative estimate of drug-likeness (QED) is 0.831. The van der Waals surface area contributed by atoms with Crippen molar-refractivity contribution in [1.29, 1.82) is 0 Å². The maximum Gasteiger partial charge on any atom is 0.243 e. The van der Waals surface area contributed by atoms with Crippen LogP contribution in [0, 0.1) is 0 Å². The summed E-state index contributed by atoms with van der Waals surface area (Å²) < 4.78 is 39.0. The second kappa shape index (κ2) is 5.46. The van der Waals surface area contributed by atoms with Crippen molar-refractivity contribution in [2.45, 2.75) is 55.6 Å². The van der Waals surface area contributed by atoms with Gasteiger partial charge in [0, 0.05) is 19.5 Å². The molecule has 4 rings (SSSR count). The number of fused-ring (bicyclic) bond motifs is 1. The van der Waals surface area contributed by atoms with Crippen molar-refractivity contribution in [2.24, 2.45) is 0 Å². The molecule has 0 saturated carbocycles. The lowest BCUT2D eigenvalue weighted by atomic mass is 9.87. The molecule has 1 aromatic carbocycles. The van der Waals surface area contributed by atoms with Crippen molar-refractivity contribution in [2.75, 3.05) is 19.7 Å². The molecule has 1 spiro atoms. The topological polar surface area (TPSA) is 55.8 Å². The summed E-state index contributed by atoms with van der Waals surface area (Å²) in [6.07, 6.45) is 4.60. The van der Waals surface area contributed by atoms with Crippen molar-refractivity contribution in [3.8, 4) is 5.75 Å². The third-order valence-corrected chi connectivity index (χ3v) is 7.22. The molecule has 2 unspecified atom stereocenters. The van der Waals surface area contributed by atoms with Crippen molar-refractivity contribution < 1.29 is 17.9 Å². The van der Waals surface area contributed by atoms with E-state index in [9.17, 15) is 8.42 Å². The van der Waals surface area contributed by atoms with E-state index < -0.39 is 10.0 Å². The van der Waals surface area contributed by atoms with Crippen LogP contribution in [0.3, 0.4) is 0 Å². The van der Waals surface area contributed by atoms with Gasteiger partial charge in [-0.3, -0.25) is 0 Å². The maximum atomic E-state index is 13.0. The third kappa shape index (κ3) is 2.66. The average molecular weight is 337 g/mol. The average Bonchev–Trinajstić information content (AvgIpc) is 2.70. The van der Waals surface area contributed by atoms with Crippen LogP contribution >= 0.6 is 0 Å². The van der Waals surface area contributed by atoms with E-state index in [0.717, 1.165) is 50.0 Å². The van der Waals surface area contributed by atoms with Gasteiger partial charge in [0.15, 0.2) is 0 Å². The van der Waals surface area contributed by atoms with Crippen LogP contribution in [0.25, 0.3) is 0 Å². The van der Waals surface area contributed by atoms with Crippen LogP contribution in [0.5, 0.6) is 5.75 Å². The molecule has 0 bridgehead atoms. The minimum atomic E-state index is -3.44. The molecule has 6 heteroatoms. The Hall–Kier alpha value is -1.11. The lowest BCUT2D eigenvalue weighted by molar-refractivity contribution is -0.153. The molecule has 126 valence electrons. The first-order valence-electron chi connectivity index (χ1n) is 8.42. The summed E-state index contributed by atoms with van der Waals surface area (Å²) in [5, 5.41) is 0. The first kappa shape index (κ1) is 15.4. The molecule has 0 N–H and O–H groups in total. The highest BCUT2D eigenvalue weighted by atomic mass is 32.2. The molecule has 3 aliphatic rings. The minimum absolute atomic E-state index is 0.0501. The predicted molar refractivity (Wildman–Crippen MR) is 86.1 cm³/mol. The Bertz CT molecular complexity index is 711. The molecule has 1 aromatic rings. The molecule has 0 aliphatic carbocycles. The first-order chi connectivity index (χ1) is 11.0. The fourth-order valence-electron chi connectivity index (χ4n) is 3.88. The van der Waals surface area contributed by atoms with Crippen LogP contribution in [0.1, 0.15) is 38.2 Å². The molecule has 2 saturated heterocycles. The van der Waals surface area contributed by atoms with Gasteiger partial charge in [0.2, 0.25) is 10.0 Å². The third-order valence-electron chi connectivity index (χ3n) is 5.33. The smallest absolute Gasteiger partial charge is 0.243 e. The number of rotatable bonds is 2. The highest BCUT2D eigenvalue weighted by Crippen LogP contribution is 2.38. The number of benzene rings is 1. The number of nitrogens with zero attached hydrogens (tertiary/aromatic N) is 1. The molecule has 2 fully saturated rings. The van der Waals surface area contributed by atoms with Gasteiger partial charge in [-0.15, -0.1) is 0 Å². The predicted octanol–water partition coefficient (Wildman–Crippen LogP) is 2.34. The normalized spacial score (nSPS) is 31.3. The van der Waals surface area contributed by atoms with E-state index in [1.165, 1.54) is 0 Å². The van der Waals surface area contributed by atoms with E-state index in [0.29, 0.717) is 18.0 Å². The number of ether oxygens (including phenoxy) is 2. The van der Waals surface area contributed by atoms with Crippen LogP contribution in [0.15, 0.2) is 23.1 Å². The lowest BCUT2D eigenvalue weighted by Crippen LogP contribution is -2.44. The van der Waals surface area contributed by atoms with Gasteiger partial charge in [-0.1, -0.05) is 0 Å². The SMILES string of the molecule is CC1Cc2cc(S(=O)(=O)N3CCCC4(CCO4)CC3)ccc2O1. The van der Waals surface area contributed by atoms with Crippen molar-refractivity contribution in [3.05, 3.63) is 23.8 Å². The fourth-order valence-corrected chi connectivity index (χ4v) is 5.41. The van der Waals surface area contributed by atoms with Crippen molar-refractivity contribution in [3.63, 3.8) is 0 Å². The second-order valence-corrected chi connectivity index (χ2v) is 8.88. The summed E-state index contributed by atoms with van der Waals surface area (Å²) in [6, 6.07) is 5.25.